The number of halogens is 1. The standard InChI is InChI=1S/C18H21ClN2O4S/c1-12-7-13(2)9-14(8-12)20-18(22)11-25-17-6-5-15(10-16(17)19)26(23,24)21(3)4/h5-10H,11H2,1-4H3,(H,20,22). The summed E-state index contributed by atoms with van der Waals surface area (Å²) >= 11 is 6.09. The van der Waals surface area contributed by atoms with Gasteiger partial charge in [-0.15, -0.1) is 0 Å². The van der Waals surface area contributed by atoms with Crippen LogP contribution < -0.4 is 10.1 Å². The molecular weight excluding hydrogens is 376 g/mol. The predicted octanol–water partition coefficient (Wildman–Crippen LogP) is 3.22. The van der Waals surface area contributed by atoms with E-state index in [9.17, 15) is 13.2 Å². The minimum absolute atomic E-state index is 0.0551. The lowest BCUT2D eigenvalue weighted by atomic mass is 10.1. The first-order valence-corrected chi connectivity index (χ1v) is 9.64. The Balaban J connectivity index is 2.04. The minimum atomic E-state index is -3.58. The third-order valence-electron chi connectivity index (χ3n) is 3.55. The van der Waals surface area contributed by atoms with Gasteiger partial charge in [-0.1, -0.05) is 17.7 Å². The van der Waals surface area contributed by atoms with Gasteiger partial charge in [-0.05, 0) is 55.3 Å². The van der Waals surface area contributed by atoms with Gasteiger partial charge in [0, 0.05) is 19.8 Å². The van der Waals surface area contributed by atoms with Crippen LogP contribution >= 0.6 is 11.6 Å². The highest BCUT2D eigenvalue weighted by Gasteiger charge is 2.19. The molecule has 0 heterocycles. The second kappa shape index (κ2) is 8.07. The smallest absolute Gasteiger partial charge is 0.262 e. The van der Waals surface area contributed by atoms with Crippen LogP contribution in [0.3, 0.4) is 0 Å². The second-order valence-electron chi connectivity index (χ2n) is 6.09. The molecule has 0 saturated heterocycles. The van der Waals surface area contributed by atoms with Gasteiger partial charge in [0.05, 0.1) is 9.92 Å². The number of aryl methyl sites for hydroxylation is 2. The number of hydrogen-bond acceptors (Lipinski definition) is 4. The maximum absolute atomic E-state index is 12.1. The maximum atomic E-state index is 12.1. The highest BCUT2D eigenvalue weighted by Crippen LogP contribution is 2.28. The van der Waals surface area contributed by atoms with Crippen molar-refractivity contribution in [1.29, 1.82) is 0 Å². The van der Waals surface area contributed by atoms with Gasteiger partial charge in [-0.3, -0.25) is 4.79 Å². The molecule has 2 aromatic rings. The molecule has 2 rings (SSSR count). The maximum Gasteiger partial charge on any atom is 0.262 e. The van der Waals surface area contributed by atoms with Crippen LogP contribution in [0.5, 0.6) is 5.75 Å². The van der Waals surface area contributed by atoms with Crippen molar-refractivity contribution >= 4 is 33.2 Å². The Labute approximate surface area is 158 Å². The molecule has 0 bridgehead atoms. The molecule has 26 heavy (non-hydrogen) atoms. The Morgan fingerprint density at radius 3 is 2.27 bits per heavy atom. The molecule has 2 aromatic carbocycles. The van der Waals surface area contributed by atoms with Crippen molar-refractivity contribution in [2.75, 3.05) is 26.0 Å². The number of carbonyl (C=O) groups is 1. The Kier molecular flexibility index (Phi) is 6.28. The van der Waals surface area contributed by atoms with Gasteiger partial charge in [0.25, 0.3) is 5.91 Å². The number of nitrogens with one attached hydrogen (secondary N) is 1. The number of ether oxygens (including phenoxy) is 1. The van der Waals surface area contributed by atoms with Gasteiger partial charge in [0.2, 0.25) is 10.0 Å². The number of anilines is 1. The summed E-state index contributed by atoms with van der Waals surface area (Å²) in [6, 6.07) is 9.85. The number of hydrogen-bond donors (Lipinski definition) is 1. The van der Waals surface area contributed by atoms with Gasteiger partial charge in [0.1, 0.15) is 5.75 Å². The quantitative estimate of drug-likeness (QED) is 0.813. The Bertz CT molecular complexity index is 907. The van der Waals surface area contributed by atoms with Crippen LogP contribution in [0.15, 0.2) is 41.3 Å². The zero-order valence-corrected chi connectivity index (χ0v) is 16.6. The molecule has 0 aromatic heterocycles. The van der Waals surface area contributed by atoms with Crippen LogP contribution in [-0.2, 0) is 14.8 Å². The van der Waals surface area contributed by atoms with Crippen LogP contribution in [0, 0.1) is 13.8 Å². The van der Waals surface area contributed by atoms with Crippen molar-refractivity contribution in [3.05, 3.63) is 52.5 Å². The van der Waals surface area contributed by atoms with Gasteiger partial charge in [0.15, 0.2) is 6.61 Å². The molecular formula is C18H21ClN2O4S. The van der Waals surface area contributed by atoms with Crippen molar-refractivity contribution in [2.24, 2.45) is 0 Å². The number of rotatable bonds is 6. The van der Waals surface area contributed by atoms with Crippen LogP contribution in [-0.4, -0.2) is 39.3 Å². The molecule has 1 amide bonds. The molecule has 0 fully saturated rings. The highest BCUT2D eigenvalue weighted by atomic mass is 35.5. The number of sulfonamides is 1. The molecule has 0 radical (unpaired) electrons. The summed E-state index contributed by atoms with van der Waals surface area (Å²) < 4.78 is 30.7. The molecule has 0 aliphatic heterocycles. The van der Waals surface area contributed by atoms with E-state index in [-0.39, 0.29) is 28.2 Å². The second-order valence-corrected chi connectivity index (χ2v) is 8.65. The van der Waals surface area contributed by atoms with Crippen molar-refractivity contribution in [3.8, 4) is 5.75 Å². The van der Waals surface area contributed by atoms with E-state index in [1.165, 1.54) is 32.3 Å². The number of nitrogens with zero attached hydrogens (tertiary/aromatic N) is 1. The normalized spacial score (nSPS) is 11.5. The number of carbonyl (C=O) groups excluding carboxylic acids is 1. The first-order chi connectivity index (χ1) is 12.1. The molecule has 0 saturated carbocycles. The van der Waals surface area contributed by atoms with E-state index < -0.39 is 10.0 Å². The van der Waals surface area contributed by atoms with Gasteiger partial charge in [-0.2, -0.15) is 0 Å². The fourth-order valence-electron chi connectivity index (χ4n) is 2.36. The molecule has 0 aliphatic rings. The molecule has 0 atom stereocenters. The number of benzene rings is 2. The summed E-state index contributed by atoms with van der Waals surface area (Å²) in [4.78, 5) is 12.1. The third kappa shape index (κ3) is 4.97. The van der Waals surface area contributed by atoms with Crippen molar-refractivity contribution in [2.45, 2.75) is 18.7 Å². The van der Waals surface area contributed by atoms with Crippen molar-refractivity contribution in [3.63, 3.8) is 0 Å². The van der Waals surface area contributed by atoms with Crippen LogP contribution in [0.1, 0.15) is 11.1 Å². The van der Waals surface area contributed by atoms with Crippen LogP contribution in [0.25, 0.3) is 0 Å². The Hall–Kier alpha value is -2.09. The lowest BCUT2D eigenvalue weighted by Crippen LogP contribution is -2.22. The molecule has 0 unspecified atom stereocenters. The Morgan fingerprint density at radius 1 is 1.12 bits per heavy atom. The first-order valence-electron chi connectivity index (χ1n) is 7.82. The van der Waals surface area contributed by atoms with Crippen LogP contribution in [0.2, 0.25) is 5.02 Å². The van der Waals surface area contributed by atoms with Gasteiger partial charge >= 0.3 is 0 Å². The summed E-state index contributed by atoms with van der Waals surface area (Å²) in [5, 5.41) is 2.87. The molecule has 8 heteroatoms. The number of amides is 1. The van der Waals surface area contributed by atoms with E-state index in [0.717, 1.165) is 15.4 Å². The minimum Gasteiger partial charge on any atom is -0.482 e. The summed E-state index contributed by atoms with van der Waals surface area (Å²) in [5.41, 5.74) is 2.78. The lowest BCUT2D eigenvalue weighted by Gasteiger charge is -2.13. The van der Waals surface area contributed by atoms with E-state index >= 15 is 0 Å². The van der Waals surface area contributed by atoms with Gasteiger partial charge in [-0.25, -0.2) is 12.7 Å². The van der Waals surface area contributed by atoms with E-state index in [1.54, 1.807) is 0 Å². The third-order valence-corrected chi connectivity index (χ3v) is 5.65. The first kappa shape index (κ1) is 20.2. The SMILES string of the molecule is Cc1cc(C)cc(NC(=O)COc2ccc(S(=O)(=O)N(C)C)cc2Cl)c1. The highest BCUT2D eigenvalue weighted by molar-refractivity contribution is 7.89. The summed E-state index contributed by atoms with van der Waals surface area (Å²) in [7, 11) is -0.711. The Morgan fingerprint density at radius 2 is 1.73 bits per heavy atom. The monoisotopic (exact) mass is 396 g/mol. The van der Waals surface area contributed by atoms with Crippen molar-refractivity contribution < 1.29 is 17.9 Å². The van der Waals surface area contributed by atoms with E-state index in [1.807, 2.05) is 32.0 Å². The zero-order valence-electron chi connectivity index (χ0n) is 15.0. The topological polar surface area (TPSA) is 75.7 Å². The zero-order chi connectivity index (χ0) is 19.5. The summed E-state index contributed by atoms with van der Waals surface area (Å²) in [6.07, 6.45) is 0. The van der Waals surface area contributed by atoms with Crippen molar-refractivity contribution in [1.82, 2.24) is 4.31 Å². The largest absolute Gasteiger partial charge is 0.482 e. The average molecular weight is 397 g/mol. The lowest BCUT2D eigenvalue weighted by molar-refractivity contribution is -0.118. The molecule has 1 N–H and O–H groups in total. The summed E-state index contributed by atoms with van der Waals surface area (Å²) in [5.74, 6) is -0.101. The summed E-state index contributed by atoms with van der Waals surface area (Å²) in [6.45, 7) is 3.65. The van der Waals surface area contributed by atoms with Crippen LogP contribution in [0.4, 0.5) is 5.69 Å². The van der Waals surface area contributed by atoms with E-state index in [4.69, 9.17) is 16.3 Å². The predicted molar refractivity (Wildman–Crippen MR) is 102 cm³/mol. The molecule has 6 nitrogen and oxygen atoms in total. The molecule has 0 spiro atoms. The molecule has 0 aliphatic carbocycles. The average Bonchev–Trinajstić information content (AvgIpc) is 2.52. The van der Waals surface area contributed by atoms with E-state index in [0.29, 0.717) is 5.69 Å². The fraction of sp³-hybridized carbons (Fsp3) is 0.278. The fourth-order valence-corrected chi connectivity index (χ4v) is 3.59. The van der Waals surface area contributed by atoms with Gasteiger partial charge < -0.3 is 10.1 Å². The van der Waals surface area contributed by atoms with E-state index in [2.05, 4.69) is 5.32 Å². The molecule has 140 valence electrons.